The van der Waals surface area contributed by atoms with Gasteiger partial charge in [-0.15, -0.1) is 5.10 Å². The van der Waals surface area contributed by atoms with Crippen LogP contribution in [0.2, 0.25) is 0 Å². The largest absolute Gasteiger partial charge is 0.340 e. The first-order chi connectivity index (χ1) is 13.8. The number of carbonyl (C=O) groups is 1. The number of likely N-dealkylation sites (tertiary alicyclic amines) is 1. The molecule has 1 atom stereocenters. The second-order valence-electron chi connectivity index (χ2n) is 6.92. The summed E-state index contributed by atoms with van der Waals surface area (Å²) in [5.74, 6) is 0.811. The van der Waals surface area contributed by atoms with Crippen LogP contribution in [0.5, 0.6) is 0 Å². The summed E-state index contributed by atoms with van der Waals surface area (Å²) in [6.07, 6.45) is 4.44. The Bertz CT molecular complexity index is 1090. The summed E-state index contributed by atoms with van der Waals surface area (Å²) in [7, 11) is 0. The highest BCUT2D eigenvalue weighted by molar-refractivity contribution is 5.98. The molecule has 3 heterocycles. The fraction of sp³-hybridized carbons (Fsp3) is 0.250. The first kappa shape index (κ1) is 16.6. The molecule has 8 heteroatoms. The molecule has 0 radical (unpaired) electrons. The molecule has 28 heavy (non-hydrogen) atoms. The van der Waals surface area contributed by atoms with Gasteiger partial charge in [-0.25, -0.2) is 4.98 Å². The molecular formula is C20H19N7O. The van der Waals surface area contributed by atoms with Crippen molar-refractivity contribution in [2.75, 3.05) is 6.54 Å². The molecule has 1 saturated heterocycles. The molecule has 2 aromatic carbocycles. The van der Waals surface area contributed by atoms with Crippen LogP contribution in [0, 0.1) is 0 Å². The number of hydrogen-bond donors (Lipinski definition) is 1. The lowest BCUT2D eigenvalue weighted by Crippen LogP contribution is -2.39. The van der Waals surface area contributed by atoms with E-state index in [-0.39, 0.29) is 11.9 Å². The molecule has 1 unspecified atom stereocenters. The van der Waals surface area contributed by atoms with Crippen molar-refractivity contribution in [2.24, 2.45) is 0 Å². The minimum atomic E-state index is -0.0735. The number of fused-ring (bicyclic) bond motifs is 1. The number of aromatic nitrogens is 6. The topological polar surface area (TPSA) is 92.6 Å². The number of aromatic amines is 1. The molecule has 2 aromatic heterocycles. The van der Waals surface area contributed by atoms with Gasteiger partial charge in [0.1, 0.15) is 12.2 Å². The van der Waals surface area contributed by atoms with Crippen LogP contribution < -0.4 is 0 Å². The van der Waals surface area contributed by atoms with Crippen molar-refractivity contribution in [1.29, 1.82) is 0 Å². The van der Waals surface area contributed by atoms with Crippen LogP contribution in [0.15, 0.2) is 54.9 Å². The number of nitrogens with one attached hydrogen (secondary N) is 1. The van der Waals surface area contributed by atoms with Crippen LogP contribution in [0.25, 0.3) is 16.7 Å². The van der Waals surface area contributed by atoms with Crippen molar-refractivity contribution >= 4 is 16.9 Å². The van der Waals surface area contributed by atoms with Gasteiger partial charge in [0.25, 0.3) is 5.91 Å². The SMILES string of the molecule is O=C(c1ccccc1-n1cnnn1)N1CCCCC1c1nc2ccccc2[nH]1. The second-order valence-corrected chi connectivity index (χ2v) is 6.92. The summed E-state index contributed by atoms with van der Waals surface area (Å²) in [5, 5.41) is 11.3. The number of carbonyl (C=O) groups excluding carboxylic acids is 1. The first-order valence-corrected chi connectivity index (χ1v) is 9.39. The Morgan fingerprint density at radius 2 is 1.93 bits per heavy atom. The van der Waals surface area contributed by atoms with Crippen molar-refractivity contribution in [1.82, 2.24) is 35.1 Å². The summed E-state index contributed by atoms with van der Waals surface area (Å²) >= 11 is 0. The van der Waals surface area contributed by atoms with E-state index in [1.54, 1.807) is 0 Å². The molecule has 0 saturated carbocycles. The van der Waals surface area contributed by atoms with Crippen molar-refractivity contribution in [3.63, 3.8) is 0 Å². The van der Waals surface area contributed by atoms with E-state index in [1.165, 1.54) is 11.0 Å². The van der Waals surface area contributed by atoms with Crippen LogP contribution in [0.1, 0.15) is 41.5 Å². The molecule has 1 amide bonds. The maximum Gasteiger partial charge on any atom is 0.256 e. The van der Waals surface area contributed by atoms with Gasteiger partial charge in [-0.3, -0.25) is 4.79 Å². The van der Waals surface area contributed by atoms with E-state index >= 15 is 0 Å². The predicted octanol–water partition coefficient (Wildman–Crippen LogP) is 2.91. The Kier molecular flexibility index (Phi) is 4.08. The standard InChI is InChI=1S/C20H19N7O/c28-20(14-7-1-4-10-17(14)27-13-21-24-25-27)26-12-6-5-11-18(26)19-22-15-8-2-3-9-16(15)23-19/h1-4,7-10,13,18H,5-6,11-12H2,(H,22,23). The predicted molar refractivity (Wildman–Crippen MR) is 103 cm³/mol. The summed E-state index contributed by atoms with van der Waals surface area (Å²) < 4.78 is 1.52. The highest BCUT2D eigenvalue weighted by Gasteiger charge is 2.32. The Balaban J connectivity index is 1.53. The molecule has 0 bridgehead atoms. The quantitative estimate of drug-likeness (QED) is 0.596. The minimum Gasteiger partial charge on any atom is -0.340 e. The van der Waals surface area contributed by atoms with Gasteiger partial charge in [0.2, 0.25) is 0 Å². The fourth-order valence-corrected chi connectivity index (χ4v) is 3.87. The minimum absolute atomic E-state index is 0.0312. The number of tetrazole rings is 1. The lowest BCUT2D eigenvalue weighted by atomic mass is 9.99. The molecule has 1 N–H and O–H groups in total. The van der Waals surface area contributed by atoms with E-state index in [4.69, 9.17) is 4.98 Å². The molecule has 0 spiro atoms. The normalized spacial score (nSPS) is 17.1. The van der Waals surface area contributed by atoms with Gasteiger partial charge in [0.05, 0.1) is 28.3 Å². The van der Waals surface area contributed by atoms with E-state index in [0.717, 1.165) is 36.1 Å². The molecule has 0 aliphatic carbocycles. The molecule has 4 aromatic rings. The zero-order valence-electron chi connectivity index (χ0n) is 15.2. The first-order valence-electron chi connectivity index (χ1n) is 9.39. The van der Waals surface area contributed by atoms with Crippen LogP contribution in [-0.4, -0.2) is 47.5 Å². The van der Waals surface area contributed by atoms with Gasteiger partial charge in [-0.05, 0) is 54.0 Å². The highest BCUT2D eigenvalue weighted by Crippen LogP contribution is 2.32. The number of hydrogen-bond acceptors (Lipinski definition) is 5. The van der Waals surface area contributed by atoms with Crippen LogP contribution in [0.4, 0.5) is 0 Å². The molecule has 1 aliphatic rings. The highest BCUT2D eigenvalue weighted by atomic mass is 16.2. The van der Waals surface area contributed by atoms with Crippen LogP contribution >= 0.6 is 0 Å². The third kappa shape index (κ3) is 2.83. The Hall–Kier alpha value is -3.55. The Morgan fingerprint density at radius 1 is 1.07 bits per heavy atom. The average molecular weight is 373 g/mol. The number of rotatable bonds is 3. The molecule has 1 aliphatic heterocycles. The van der Waals surface area contributed by atoms with Crippen molar-refractivity contribution in [3.05, 3.63) is 66.2 Å². The molecule has 5 rings (SSSR count). The smallest absolute Gasteiger partial charge is 0.256 e. The van der Waals surface area contributed by atoms with Crippen molar-refractivity contribution in [2.45, 2.75) is 25.3 Å². The molecule has 1 fully saturated rings. The number of H-pyrrole nitrogens is 1. The second kappa shape index (κ2) is 6.88. The average Bonchev–Trinajstić information content (AvgIpc) is 3.43. The Labute approximate surface area is 161 Å². The van der Waals surface area contributed by atoms with Crippen molar-refractivity contribution < 1.29 is 4.79 Å². The summed E-state index contributed by atoms with van der Waals surface area (Å²) in [5.41, 5.74) is 3.17. The van der Waals surface area contributed by atoms with E-state index in [2.05, 4.69) is 20.5 Å². The van der Waals surface area contributed by atoms with Crippen LogP contribution in [-0.2, 0) is 0 Å². The van der Waals surface area contributed by atoms with Gasteiger partial charge in [-0.2, -0.15) is 4.68 Å². The summed E-state index contributed by atoms with van der Waals surface area (Å²) in [6, 6.07) is 15.3. The van der Waals surface area contributed by atoms with Crippen molar-refractivity contribution in [3.8, 4) is 5.69 Å². The van der Waals surface area contributed by atoms with Crippen LogP contribution in [0.3, 0.4) is 0 Å². The maximum absolute atomic E-state index is 13.5. The maximum atomic E-state index is 13.5. The number of para-hydroxylation sites is 3. The van der Waals surface area contributed by atoms with Gasteiger partial charge in [0.15, 0.2) is 0 Å². The summed E-state index contributed by atoms with van der Waals surface area (Å²) in [6.45, 7) is 0.699. The molecule has 8 nitrogen and oxygen atoms in total. The Morgan fingerprint density at radius 3 is 2.79 bits per heavy atom. The molecular weight excluding hydrogens is 354 g/mol. The summed E-state index contributed by atoms with van der Waals surface area (Å²) in [4.78, 5) is 23.6. The zero-order valence-corrected chi connectivity index (χ0v) is 15.2. The monoisotopic (exact) mass is 373 g/mol. The number of benzene rings is 2. The van der Waals surface area contributed by atoms with Gasteiger partial charge >= 0.3 is 0 Å². The molecule has 140 valence electrons. The fourth-order valence-electron chi connectivity index (χ4n) is 3.87. The lowest BCUT2D eigenvalue weighted by Gasteiger charge is -2.35. The number of piperidine rings is 1. The number of amides is 1. The third-order valence-corrected chi connectivity index (χ3v) is 5.22. The van der Waals surface area contributed by atoms with Gasteiger partial charge < -0.3 is 9.88 Å². The van der Waals surface area contributed by atoms with E-state index in [1.807, 2.05) is 53.4 Å². The van der Waals surface area contributed by atoms with Gasteiger partial charge in [-0.1, -0.05) is 24.3 Å². The zero-order chi connectivity index (χ0) is 18.9. The third-order valence-electron chi connectivity index (χ3n) is 5.22. The van der Waals surface area contributed by atoms with Gasteiger partial charge in [0, 0.05) is 6.54 Å². The van der Waals surface area contributed by atoms with E-state index in [9.17, 15) is 4.79 Å². The van der Waals surface area contributed by atoms with E-state index in [0.29, 0.717) is 17.8 Å². The lowest BCUT2D eigenvalue weighted by molar-refractivity contribution is 0.0601. The number of nitrogens with zero attached hydrogens (tertiary/aromatic N) is 6. The van der Waals surface area contributed by atoms with E-state index < -0.39 is 0 Å². The number of imidazole rings is 1.